The molecule has 0 atom stereocenters. The molecule has 0 unspecified atom stereocenters. The number of aliphatic imine (C=N–C) groups is 1. The Morgan fingerprint density at radius 1 is 1.00 bits per heavy atom. The lowest BCUT2D eigenvalue weighted by atomic mass is 10.2. The number of rotatable bonds is 8. The number of H-pyrrole nitrogens is 1. The fourth-order valence-electron chi connectivity index (χ4n) is 2.99. The normalized spacial score (nSPS) is 11.5. The predicted molar refractivity (Wildman–Crippen MR) is 113 cm³/mol. The van der Waals surface area contributed by atoms with E-state index in [1.165, 1.54) is 0 Å². The van der Waals surface area contributed by atoms with E-state index in [1.807, 2.05) is 36.4 Å². The SMILES string of the molecule is COc1ccc(NC(N)=NCCCc2cc3c(OC)cc(OC)cc3[nH]2)cc1. The zero-order chi connectivity index (χ0) is 19.9. The number of anilines is 1. The number of hydrogen-bond donors (Lipinski definition) is 3. The van der Waals surface area contributed by atoms with Gasteiger partial charge in [-0.15, -0.1) is 0 Å². The summed E-state index contributed by atoms with van der Waals surface area (Å²) in [5.41, 5.74) is 8.95. The molecular weight excluding hydrogens is 356 g/mol. The Hall–Kier alpha value is -3.35. The lowest BCUT2D eigenvalue weighted by Gasteiger charge is -2.06. The summed E-state index contributed by atoms with van der Waals surface area (Å²) in [7, 11) is 4.94. The fraction of sp³-hybridized carbons (Fsp3) is 0.286. The highest BCUT2D eigenvalue weighted by Crippen LogP contribution is 2.31. The summed E-state index contributed by atoms with van der Waals surface area (Å²) in [6.45, 7) is 0.630. The first-order valence-corrected chi connectivity index (χ1v) is 9.07. The quantitative estimate of drug-likeness (QED) is 0.315. The molecule has 2 aromatic carbocycles. The molecule has 0 aliphatic rings. The minimum atomic E-state index is 0.396. The van der Waals surface area contributed by atoms with Crippen LogP contribution in [0.3, 0.4) is 0 Å². The third kappa shape index (κ3) is 4.68. The first-order valence-electron chi connectivity index (χ1n) is 9.07. The first kappa shape index (κ1) is 19.4. The van der Waals surface area contributed by atoms with Crippen LogP contribution in [0.25, 0.3) is 10.9 Å². The first-order chi connectivity index (χ1) is 13.6. The molecule has 3 rings (SSSR count). The lowest BCUT2D eigenvalue weighted by Crippen LogP contribution is -2.22. The van der Waals surface area contributed by atoms with Crippen molar-refractivity contribution in [1.82, 2.24) is 4.98 Å². The highest BCUT2D eigenvalue weighted by Gasteiger charge is 2.09. The van der Waals surface area contributed by atoms with Crippen LogP contribution in [0.1, 0.15) is 12.1 Å². The van der Waals surface area contributed by atoms with Crippen LogP contribution in [-0.2, 0) is 6.42 Å². The third-order valence-electron chi connectivity index (χ3n) is 4.43. The van der Waals surface area contributed by atoms with Crippen molar-refractivity contribution in [2.24, 2.45) is 10.7 Å². The summed E-state index contributed by atoms with van der Waals surface area (Å²) in [5.74, 6) is 2.75. The van der Waals surface area contributed by atoms with Gasteiger partial charge in [0.1, 0.15) is 17.2 Å². The smallest absolute Gasteiger partial charge is 0.193 e. The largest absolute Gasteiger partial charge is 0.497 e. The van der Waals surface area contributed by atoms with Gasteiger partial charge < -0.3 is 30.2 Å². The van der Waals surface area contributed by atoms with Gasteiger partial charge in [0.05, 0.1) is 26.8 Å². The van der Waals surface area contributed by atoms with Gasteiger partial charge >= 0.3 is 0 Å². The maximum atomic E-state index is 5.96. The maximum Gasteiger partial charge on any atom is 0.193 e. The van der Waals surface area contributed by atoms with E-state index in [2.05, 4.69) is 21.4 Å². The number of hydrogen-bond acceptors (Lipinski definition) is 4. The molecule has 0 spiro atoms. The number of aromatic amines is 1. The number of aromatic nitrogens is 1. The Labute approximate surface area is 164 Å². The zero-order valence-corrected chi connectivity index (χ0v) is 16.4. The predicted octanol–water partition coefficient (Wildman–Crippen LogP) is 3.55. The van der Waals surface area contributed by atoms with Crippen LogP contribution >= 0.6 is 0 Å². The van der Waals surface area contributed by atoms with Crippen molar-refractivity contribution in [3.63, 3.8) is 0 Å². The van der Waals surface area contributed by atoms with Gasteiger partial charge in [-0.2, -0.15) is 0 Å². The minimum Gasteiger partial charge on any atom is -0.497 e. The van der Waals surface area contributed by atoms with E-state index < -0.39 is 0 Å². The van der Waals surface area contributed by atoms with Crippen LogP contribution < -0.4 is 25.3 Å². The number of nitrogens with one attached hydrogen (secondary N) is 2. The Bertz CT molecular complexity index is 948. The van der Waals surface area contributed by atoms with E-state index in [-0.39, 0.29) is 0 Å². The molecule has 0 fully saturated rings. The molecule has 0 bridgehead atoms. The Morgan fingerprint density at radius 3 is 2.43 bits per heavy atom. The van der Waals surface area contributed by atoms with Crippen molar-refractivity contribution in [2.75, 3.05) is 33.2 Å². The Kier molecular flexibility index (Phi) is 6.26. The standard InChI is InChI=1S/C21H26N4O3/c1-26-16-8-6-14(7-9-16)25-21(22)23-10-4-5-15-11-18-19(24-15)12-17(27-2)13-20(18)28-3/h6-9,11-13,24H,4-5,10H2,1-3H3,(H3,22,23,25). The average molecular weight is 382 g/mol. The molecule has 28 heavy (non-hydrogen) atoms. The number of fused-ring (bicyclic) bond motifs is 1. The summed E-state index contributed by atoms with van der Waals surface area (Å²) in [6.07, 6.45) is 1.73. The van der Waals surface area contributed by atoms with Crippen LogP contribution in [0.2, 0.25) is 0 Å². The summed E-state index contributed by atoms with van der Waals surface area (Å²) in [5, 5.41) is 4.12. The summed E-state index contributed by atoms with van der Waals surface area (Å²) in [6, 6.07) is 13.5. The fourth-order valence-corrected chi connectivity index (χ4v) is 2.99. The van der Waals surface area contributed by atoms with Gasteiger partial charge in [-0.3, -0.25) is 4.99 Å². The molecule has 0 radical (unpaired) electrons. The summed E-state index contributed by atoms with van der Waals surface area (Å²) in [4.78, 5) is 7.80. The average Bonchev–Trinajstić information content (AvgIpc) is 3.13. The second-order valence-electron chi connectivity index (χ2n) is 6.31. The Morgan fingerprint density at radius 2 is 1.75 bits per heavy atom. The van der Waals surface area contributed by atoms with E-state index in [0.29, 0.717) is 12.5 Å². The molecule has 7 heteroatoms. The van der Waals surface area contributed by atoms with Crippen molar-refractivity contribution in [2.45, 2.75) is 12.8 Å². The molecule has 148 valence electrons. The molecule has 1 heterocycles. The van der Waals surface area contributed by atoms with Crippen LogP contribution in [0.5, 0.6) is 17.2 Å². The number of benzene rings is 2. The number of guanidine groups is 1. The van der Waals surface area contributed by atoms with E-state index in [0.717, 1.165) is 52.4 Å². The van der Waals surface area contributed by atoms with Crippen LogP contribution in [0.4, 0.5) is 5.69 Å². The minimum absolute atomic E-state index is 0.396. The molecule has 4 N–H and O–H groups in total. The van der Waals surface area contributed by atoms with Crippen molar-refractivity contribution >= 4 is 22.5 Å². The number of ether oxygens (including phenoxy) is 3. The molecule has 1 aromatic heterocycles. The van der Waals surface area contributed by atoms with E-state index in [1.54, 1.807) is 21.3 Å². The van der Waals surface area contributed by atoms with Crippen LogP contribution in [0.15, 0.2) is 47.5 Å². The zero-order valence-electron chi connectivity index (χ0n) is 16.4. The van der Waals surface area contributed by atoms with Crippen LogP contribution in [0, 0.1) is 0 Å². The van der Waals surface area contributed by atoms with Gasteiger partial charge in [-0.05, 0) is 43.2 Å². The molecule has 0 saturated carbocycles. The maximum absolute atomic E-state index is 5.96. The van der Waals surface area contributed by atoms with Crippen molar-refractivity contribution in [3.05, 3.63) is 48.2 Å². The number of methoxy groups -OCH3 is 3. The van der Waals surface area contributed by atoms with Crippen molar-refractivity contribution in [1.29, 1.82) is 0 Å². The molecule has 0 amide bonds. The van der Waals surface area contributed by atoms with E-state index in [4.69, 9.17) is 19.9 Å². The van der Waals surface area contributed by atoms with Crippen molar-refractivity contribution in [3.8, 4) is 17.2 Å². The summed E-state index contributed by atoms with van der Waals surface area (Å²) < 4.78 is 15.9. The second-order valence-corrected chi connectivity index (χ2v) is 6.31. The van der Waals surface area contributed by atoms with Gasteiger partial charge in [0.15, 0.2) is 5.96 Å². The van der Waals surface area contributed by atoms with E-state index >= 15 is 0 Å². The lowest BCUT2D eigenvalue weighted by molar-refractivity contribution is 0.398. The molecular formula is C21H26N4O3. The highest BCUT2D eigenvalue weighted by molar-refractivity contribution is 5.92. The van der Waals surface area contributed by atoms with Gasteiger partial charge in [-0.25, -0.2) is 0 Å². The molecule has 3 aromatic rings. The molecule has 7 nitrogen and oxygen atoms in total. The second kappa shape index (κ2) is 9.03. The van der Waals surface area contributed by atoms with Gasteiger partial charge in [0, 0.05) is 35.4 Å². The van der Waals surface area contributed by atoms with E-state index in [9.17, 15) is 0 Å². The van der Waals surface area contributed by atoms with Gasteiger partial charge in [0.25, 0.3) is 0 Å². The highest BCUT2D eigenvalue weighted by atomic mass is 16.5. The van der Waals surface area contributed by atoms with Crippen molar-refractivity contribution < 1.29 is 14.2 Å². The number of aryl methyl sites for hydroxylation is 1. The number of nitrogens with two attached hydrogens (primary N) is 1. The topological polar surface area (TPSA) is 93.9 Å². The Balaban J connectivity index is 1.56. The molecule has 0 aliphatic heterocycles. The molecule has 0 saturated heterocycles. The molecule has 0 aliphatic carbocycles. The summed E-state index contributed by atoms with van der Waals surface area (Å²) >= 11 is 0. The van der Waals surface area contributed by atoms with Gasteiger partial charge in [0.2, 0.25) is 0 Å². The monoisotopic (exact) mass is 382 g/mol. The number of nitrogens with zero attached hydrogens (tertiary/aromatic N) is 1. The third-order valence-corrected chi connectivity index (χ3v) is 4.43. The van der Waals surface area contributed by atoms with Gasteiger partial charge in [-0.1, -0.05) is 0 Å². The van der Waals surface area contributed by atoms with Crippen LogP contribution in [-0.4, -0.2) is 38.8 Å².